The molecule has 0 saturated carbocycles. The molecular weight excluding hydrogens is 256 g/mol. The summed E-state index contributed by atoms with van der Waals surface area (Å²) >= 11 is 0. The molecule has 0 fully saturated rings. The van der Waals surface area contributed by atoms with Crippen molar-refractivity contribution in [2.75, 3.05) is 0 Å². The van der Waals surface area contributed by atoms with Crippen LogP contribution in [0, 0.1) is 6.92 Å². The van der Waals surface area contributed by atoms with Crippen LogP contribution in [0.4, 0.5) is 0 Å². The highest BCUT2D eigenvalue weighted by molar-refractivity contribution is 6.21. The molecule has 2 aromatic rings. The predicted molar refractivity (Wildman–Crippen MR) is 74.2 cm³/mol. The SMILES string of the molecule is C=C1c2c(ccc(O)c2O)C(=O)c2c(O)ccc(C)c21. The van der Waals surface area contributed by atoms with Gasteiger partial charge in [0.1, 0.15) is 5.75 Å². The average Bonchev–Trinajstić information content (AvgIpc) is 2.41. The molecule has 0 spiro atoms. The van der Waals surface area contributed by atoms with Gasteiger partial charge in [-0.1, -0.05) is 12.6 Å². The molecule has 0 atom stereocenters. The number of aromatic hydroxyl groups is 3. The molecule has 0 amide bonds. The maximum atomic E-state index is 12.5. The minimum absolute atomic E-state index is 0.116. The lowest BCUT2D eigenvalue weighted by Gasteiger charge is -2.24. The molecule has 1 aliphatic rings. The first-order valence-electron chi connectivity index (χ1n) is 6.05. The van der Waals surface area contributed by atoms with Crippen LogP contribution in [0.5, 0.6) is 17.2 Å². The van der Waals surface area contributed by atoms with Crippen LogP contribution < -0.4 is 0 Å². The quantitative estimate of drug-likeness (QED) is 0.548. The van der Waals surface area contributed by atoms with Crippen molar-refractivity contribution < 1.29 is 20.1 Å². The van der Waals surface area contributed by atoms with Crippen LogP contribution in [0.3, 0.4) is 0 Å². The lowest BCUT2D eigenvalue weighted by atomic mass is 9.79. The van der Waals surface area contributed by atoms with Gasteiger partial charge < -0.3 is 15.3 Å². The number of fused-ring (bicyclic) bond motifs is 2. The highest BCUT2D eigenvalue weighted by Crippen LogP contribution is 2.46. The van der Waals surface area contributed by atoms with Crippen LogP contribution in [-0.4, -0.2) is 21.1 Å². The molecule has 100 valence electrons. The Morgan fingerprint density at radius 2 is 1.55 bits per heavy atom. The Morgan fingerprint density at radius 3 is 2.25 bits per heavy atom. The molecule has 3 N–H and O–H groups in total. The molecule has 0 bridgehead atoms. The summed E-state index contributed by atoms with van der Waals surface area (Å²) in [5.74, 6) is -1.18. The van der Waals surface area contributed by atoms with E-state index in [-0.39, 0.29) is 39.7 Å². The van der Waals surface area contributed by atoms with Crippen molar-refractivity contribution in [3.8, 4) is 17.2 Å². The molecule has 2 aromatic carbocycles. The fourth-order valence-electron chi connectivity index (χ4n) is 2.65. The van der Waals surface area contributed by atoms with Gasteiger partial charge in [-0.05, 0) is 41.8 Å². The van der Waals surface area contributed by atoms with E-state index >= 15 is 0 Å². The Balaban J connectivity index is 2.43. The van der Waals surface area contributed by atoms with E-state index in [2.05, 4.69) is 6.58 Å². The third kappa shape index (κ3) is 1.39. The van der Waals surface area contributed by atoms with Crippen LogP contribution in [0.25, 0.3) is 5.57 Å². The van der Waals surface area contributed by atoms with Crippen LogP contribution >= 0.6 is 0 Å². The second kappa shape index (κ2) is 3.87. The Morgan fingerprint density at radius 1 is 0.900 bits per heavy atom. The molecular formula is C16H12O4. The summed E-state index contributed by atoms with van der Waals surface area (Å²) in [7, 11) is 0. The lowest BCUT2D eigenvalue weighted by molar-refractivity contribution is 0.103. The maximum absolute atomic E-state index is 12.5. The van der Waals surface area contributed by atoms with Gasteiger partial charge in [0, 0.05) is 11.1 Å². The zero-order chi connectivity index (χ0) is 14.6. The highest BCUT2D eigenvalue weighted by Gasteiger charge is 2.32. The van der Waals surface area contributed by atoms with E-state index in [1.165, 1.54) is 18.2 Å². The standard InChI is InChI=1S/C16H12O4/c1-7-3-5-10(17)14-12(7)8(2)13-9(15(14)19)4-6-11(18)16(13)20/h3-6,17-18,20H,2H2,1H3. The average molecular weight is 268 g/mol. The van der Waals surface area contributed by atoms with Gasteiger partial charge in [-0.3, -0.25) is 4.79 Å². The molecule has 3 rings (SSSR count). The van der Waals surface area contributed by atoms with Crippen molar-refractivity contribution in [3.63, 3.8) is 0 Å². The molecule has 0 aliphatic heterocycles. The summed E-state index contributed by atoms with van der Waals surface area (Å²) in [5, 5.41) is 29.5. The fourth-order valence-corrected chi connectivity index (χ4v) is 2.65. The van der Waals surface area contributed by atoms with Gasteiger partial charge in [0.25, 0.3) is 0 Å². The molecule has 0 saturated heterocycles. The molecule has 4 heteroatoms. The Hall–Kier alpha value is -2.75. The van der Waals surface area contributed by atoms with Crippen molar-refractivity contribution in [1.29, 1.82) is 0 Å². The maximum Gasteiger partial charge on any atom is 0.198 e. The van der Waals surface area contributed by atoms with Gasteiger partial charge in [0.15, 0.2) is 17.3 Å². The van der Waals surface area contributed by atoms with Gasteiger partial charge >= 0.3 is 0 Å². The van der Waals surface area contributed by atoms with Crippen molar-refractivity contribution in [2.45, 2.75) is 6.92 Å². The summed E-state index contributed by atoms with van der Waals surface area (Å²) in [5.41, 5.74) is 2.31. The number of benzene rings is 2. The van der Waals surface area contributed by atoms with E-state index in [4.69, 9.17) is 0 Å². The smallest absolute Gasteiger partial charge is 0.198 e. The largest absolute Gasteiger partial charge is 0.507 e. The molecule has 0 radical (unpaired) electrons. The first-order chi connectivity index (χ1) is 9.43. The van der Waals surface area contributed by atoms with E-state index < -0.39 is 0 Å². The van der Waals surface area contributed by atoms with Crippen molar-refractivity contribution in [2.24, 2.45) is 0 Å². The normalized spacial score (nSPS) is 13.1. The van der Waals surface area contributed by atoms with E-state index in [9.17, 15) is 20.1 Å². The Bertz CT molecular complexity index is 784. The number of hydrogen-bond acceptors (Lipinski definition) is 4. The van der Waals surface area contributed by atoms with E-state index in [0.29, 0.717) is 11.1 Å². The second-order valence-corrected chi connectivity index (χ2v) is 4.82. The topological polar surface area (TPSA) is 77.8 Å². The molecule has 0 unspecified atom stereocenters. The first kappa shape index (κ1) is 12.3. The zero-order valence-corrected chi connectivity index (χ0v) is 10.8. The number of rotatable bonds is 0. The monoisotopic (exact) mass is 268 g/mol. The van der Waals surface area contributed by atoms with Crippen molar-refractivity contribution >= 4 is 11.4 Å². The highest BCUT2D eigenvalue weighted by atomic mass is 16.3. The number of phenols is 3. The number of hydrogen-bond donors (Lipinski definition) is 3. The fraction of sp³-hybridized carbons (Fsp3) is 0.0625. The Kier molecular flexibility index (Phi) is 2.38. The van der Waals surface area contributed by atoms with Crippen molar-refractivity contribution in [3.05, 3.63) is 58.7 Å². The second-order valence-electron chi connectivity index (χ2n) is 4.82. The number of phenolic OH excluding ortho intramolecular Hbond substituents is 3. The van der Waals surface area contributed by atoms with Gasteiger partial charge in [-0.2, -0.15) is 0 Å². The number of ketones is 1. The van der Waals surface area contributed by atoms with Gasteiger partial charge in [-0.15, -0.1) is 0 Å². The number of aryl methyl sites for hydroxylation is 1. The van der Waals surface area contributed by atoms with E-state index in [1.54, 1.807) is 13.0 Å². The van der Waals surface area contributed by atoms with E-state index in [0.717, 1.165) is 5.56 Å². The van der Waals surface area contributed by atoms with Crippen LogP contribution in [0.1, 0.15) is 32.6 Å². The summed E-state index contributed by atoms with van der Waals surface area (Å²) in [6.45, 7) is 5.69. The molecule has 4 nitrogen and oxygen atoms in total. The minimum atomic E-state index is -0.390. The molecule has 1 aliphatic carbocycles. The first-order valence-corrected chi connectivity index (χ1v) is 6.05. The van der Waals surface area contributed by atoms with E-state index in [1.807, 2.05) is 0 Å². The van der Waals surface area contributed by atoms with Gasteiger partial charge in [-0.25, -0.2) is 0 Å². The summed E-state index contributed by atoms with van der Waals surface area (Å²) in [6, 6.07) is 5.81. The third-order valence-electron chi connectivity index (χ3n) is 3.62. The molecule has 0 heterocycles. The summed E-state index contributed by atoms with van der Waals surface area (Å²) in [4.78, 5) is 12.5. The summed E-state index contributed by atoms with van der Waals surface area (Å²) < 4.78 is 0. The molecule has 20 heavy (non-hydrogen) atoms. The third-order valence-corrected chi connectivity index (χ3v) is 3.62. The predicted octanol–water partition coefficient (Wildman–Crippen LogP) is 2.72. The number of carbonyl (C=O) groups excluding carboxylic acids is 1. The van der Waals surface area contributed by atoms with Crippen LogP contribution in [0.15, 0.2) is 30.8 Å². The lowest BCUT2D eigenvalue weighted by Crippen LogP contribution is -2.15. The van der Waals surface area contributed by atoms with Gasteiger partial charge in [0.2, 0.25) is 0 Å². The molecule has 0 aromatic heterocycles. The van der Waals surface area contributed by atoms with Crippen LogP contribution in [-0.2, 0) is 0 Å². The zero-order valence-electron chi connectivity index (χ0n) is 10.8. The number of carbonyl (C=O) groups is 1. The van der Waals surface area contributed by atoms with Gasteiger partial charge in [0.05, 0.1) is 5.56 Å². The summed E-state index contributed by atoms with van der Waals surface area (Å²) in [6.07, 6.45) is 0. The van der Waals surface area contributed by atoms with Crippen molar-refractivity contribution in [1.82, 2.24) is 0 Å². The minimum Gasteiger partial charge on any atom is -0.507 e. The Labute approximate surface area is 115 Å². The van der Waals surface area contributed by atoms with Crippen LogP contribution in [0.2, 0.25) is 0 Å².